The van der Waals surface area contributed by atoms with E-state index in [-0.39, 0.29) is 42.5 Å². The zero-order chi connectivity index (χ0) is 25.1. The lowest BCUT2D eigenvalue weighted by Crippen LogP contribution is -2.67. The summed E-state index contributed by atoms with van der Waals surface area (Å²) in [5, 5.41) is 24.8. The van der Waals surface area contributed by atoms with Gasteiger partial charge in [-0.2, -0.15) is 0 Å². The van der Waals surface area contributed by atoms with Crippen LogP contribution in [-0.2, 0) is 18.6 Å². The average Bonchev–Trinajstić information content (AvgIpc) is 3.54. The largest absolute Gasteiger partial charge is 0.405 e. The van der Waals surface area contributed by atoms with Crippen LogP contribution in [0.1, 0.15) is 47.5 Å². The van der Waals surface area contributed by atoms with Gasteiger partial charge in [-0.25, -0.2) is 0 Å². The van der Waals surface area contributed by atoms with Crippen molar-refractivity contribution in [1.82, 2.24) is 0 Å². The van der Waals surface area contributed by atoms with Gasteiger partial charge in [0.25, 0.3) is 8.32 Å². The third kappa shape index (κ3) is 4.52. The molecule has 35 heavy (non-hydrogen) atoms. The van der Waals surface area contributed by atoms with E-state index in [0.29, 0.717) is 6.42 Å². The predicted molar refractivity (Wildman–Crippen MR) is 136 cm³/mol. The molecule has 190 valence electrons. The number of hydrogen-bond donors (Lipinski definition) is 2. The molecule has 6 nitrogen and oxygen atoms in total. The van der Waals surface area contributed by atoms with E-state index in [4.69, 9.17) is 18.6 Å². The quantitative estimate of drug-likeness (QED) is 0.451. The molecular formula is C28H38O6Si. The normalized spacial score (nSPS) is 32.5. The number of ether oxygens (including phenoxy) is 3. The molecule has 2 heterocycles. The van der Waals surface area contributed by atoms with Gasteiger partial charge >= 0.3 is 0 Å². The summed E-state index contributed by atoms with van der Waals surface area (Å²) in [4.78, 5) is 0. The number of hydrogen-bond acceptors (Lipinski definition) is 6. The van der Waals surface area contributed by atoms with Crippen molar-refractivity contribution in [3.63, 3.8) is 0 Å². The molecule has 0 bridgehead atoms. The monoisotopic (exact) mass is 498 g/mol. The second-order valence-corrected chi connectivity index (χ2v) is 16.1. The van der Waals surface area contributed by atoms with Crippen molar-refractivity contribution in [2.45, 2.75) is 94.4 Å². The predicted octanol–water partition coefficient (Wildman–Crippen LogP) is 2.74. The molecule has 1 saturated carbocycles. The molecule has 2 N–H and O–H groups in total. The molecule has 0 amide bonds. The SMILES string of the molecule is CC1(C)O[C@H]2[C@H]3O[C@H]3[C@](O)(CC(O)CO[Si](c3ccccc3)(c3ccccc3)C(C)(C)C)C[C@H]2O1. The van der Waals surface area contributed by atoms with Crippen LogP contribution < -0.4 is 10.4 Å². The van der Waals surface area contributed by atoms with Crippen molar-refractivity contribution >= 4 is 18.7 Å². The van der Waals surface area contributed by atoms with E-state index >= 15 is 0 Å². The Balaban J connectivity index is 1.36. The molecule has 1 unspecified atom stereocenters. The third-order valence-corrected chi connectivity index (χ3v) is 12.7. The maximum absolute atomic E-state index is 11.5. The maximum atomic E-state index is 11.5. The molecule has 0 aromatic heterocycles. The molecule has 6 atom stereocenters. The van der Waals surface area contributed by atoms with Crippen LogP contribution in [0.5, 0.6) is 0 Å². The average molecular weight is 499 g/mol. The van der Waals surface area contributed by atoms with Crippen molar-refractivity contribution in [1.29, 1.82) is 0 Å². The van der Waals surface area contributed by atoms with E-state index in [0.717, 1.165) is 10.4 Å². The minimum Gasteiger partial charge on any atom is -0.405 e. The van der Waals surface area contributed by atoms with Gasteiger partial charge in [0.15, 0.2) is 5.79 Å². The van der Waals surface area contributed by atoms with Crippen LogP contribution >= 0.6 is 0 Å². The Morgan fingerprint density at radius 1 is 0.971 bits per heavy atom. The molecule has 7 heteroatoms. The van der Waals surface area contributed by atoms with E-state index in [1.807, 2.05) is 50.2 Å². The highest BCUT2D eigenvalue weighted by Crippen LogP contribution is 2.51. The Hall–Kier alpha value is -1.58. The fourth-order valence-electron chi connectivity index (χ4n) is 6.22. The Morgan fingerprint density at radius 3 is 2.09 bits per heavy atom. The second-order valence-electron chi connectivity index (χ2n) is 11.8. The fourth-order valence-corrected chi connectivity index (χ4v) is 10.8. The number of fused-ring (bicyclic) bond motifs is 3. The first kappa shape index (κ1) is 25.1. The van der Waals surface area contributed by atoms with Crippen molar-refractivity contribution in [3.8, 4) is 0 Å². The summed E-state index contributed by atoms with van der Waals surface area (Å²) < 4.78 is 24.7. The van der Waals surface area contributed by atoms with Crippen LogP contribution in [0.3, 0.4) is 0 Å². The van der Waals surface area contributed by atoms with Crippen LogP contribution in [0.2, 0.25) is 5.04 Å². The molecule has 3 fully saturated rings. The summed E-state index contributed by atoms with van der Waals surface area (Å²) in [6.07, 6.45) is -1.26. The zero-order valence-electron chi connectivity index (χ0n) is 21.3. The molecule has 0 spiro atoms. The maximum Gasteiger partial charge on any atom is 0.261 e. The summed E-state index contributed by atoms with van der Waals surface area (Å²) >= 11 is 0. The standard InChI is InChI=1S/C28H38O6Si/c1-26(2,3)35(20-12-8-6-9-13-20,21-14-10-7-11-15-21)31-18-19(29)16-28(30)17-22-23(24-25(28)32-24)34-27(4,5)33-22/h6-15,19,22-25,29-30H,16-18H2,1-5H3/t19?,22-,23-,24-,25-,28+/m1/s1. The first-order valence-corrected chi connectivity index (χ1v) is 14.5. The summed E-state index contributed by atoms with van der Waals surface area (Å²) in [6.45, 7) is 10.5. The van der Waals surface area contributed by atoms with Gasteiger partial charge in [0.2, 0.25) is 0 Å². The highest BCUT2D eigenvalue weighted by atomic mass is 28.4. The third-order valence-electron chi connectivity index (χ3n) is 7.65. The second kappa shape index (κ2) is 8.77. The number of rotatable bonds is 7. The summed E-state index contributed by atoms with van der Waals surface area (Å²) in [6, 6.07) is 20.7. The summed E-state index contributed by atoms with van der Waals surface area (Å²) in [5.74, 6) is -0.692. The molecule has 2 saturated heterocycles. The van der Waals surface area contributed by atoms with Gasteiger partial charge in [0.1, 0.15) is 18.3 Å². The van der Waals surface area contributed by atoms with Crippen LogP contribution in [-0.4, -0.2) is 67.0 Å². The van der Waals surface area contributed by atoms with Gasteiger partial charge in [0, 0.05) is 12.8 Å². The number of benzene rings is 2. The molecule has 2 aromatic carbocycles. The summed E-state index contributed by atoms with van der Waals surface area (Å²) in [5.41, 5.74) is -1.18. The van der Waals surface area contributed by atoms with Crippen LogP contribution in [0.15, 0.2) is 60.7 Å². The van der Waals surface area contributed by atoms with E-state index in [1.54, 1.807) is 0 Å². The van der Waals surface area contributed by atoms with Crippen LogP contribution in [0.4, 0.5) is 0 Å². The van der Waals surface area contributed by atoms with Crippen molar-refractivity contribution in [3.05, 3.63) is 60.7 Å². The van der Waals surface area contributed by atoms with Crippen molar-refractivity contribution in [2.24, 2.45) is 0 Å². The number of aliphatic hydroxyl groups excluding tert-OH is 1. The molecule has 2 aliphatic heterocycles. The first-order valence-electron chi connectivity index (χ1n) is 12.6. The highest BCUT2D eigenvalue weighted by Gasteiger charge is 2.68. The van der Waals surface area contributed by atoms with Gasteiger partial charge in [-0.1, -0.05) is 81.4 Å². The highest BCUT2D eigenvalue weighted by molar-refractivity contribution is 6.99. The minimum absolute atomic E-state index is 0.129. The molecular weight excluding hydrogens is 460 g/mol. The molecule has 2 aromatic rings. The number of aliphatic hydroxyl groups is 2. The lowest BCUT2D eigenvalue weighted by atomic mass is 9.78. The van der Waals surface area contributed by atoms with Crippen molar-refractivity contribution in [2.75, 3.05) is 6.61 Å². The van der Waals surface area contributed by atoms with Gasteiger partial charge in [-0.3, -0.25) is 0 Å². The van der Waals surface area contributed by atoms with Gasteiger partial charge in [-0.15, -0.1) is 0 Å². The first-order chi connectivity index (χ1) is 16.5. The molecule has 3 aliphatic rings. The number of epoxide rings is 1. The molecule has 1 aliphatic carbocycles. The van der Waals surface area contributed by atoms with E-state index < -0.39 is 25.8 Å². The summed E-state index contributed by atoms with van der Waals surface area (Å²) in [7, 11) is -2.77. The lowest BCUT2D eigenvalue weighted by Gasteiger charge is -2.44. The Bertz CT molecular complexity index is 983. The van der Waals surface area contributed by atoms with Crippen molar-refractivity contribution < 1.29 is 28.8 Å². The van der Waals surface area contributed by atoms with E-state index in [2.05, 4.69) is 45.0 Å². The minimum atomic E-state index is -2.77. The lowest BCUT2D eigenvalue weighted by molar-refractivity contribution is -0.152. The van der Waals surface area contributed by atoms with Gasteiger partial charge in [-0.05, 0) is 29.3 Å². The Kier molecular flexibility index (Phi) is 6.28. The Labute approximate surface area is 209 Å². The Morgan fingerprint density at radius 2 is 1.54 bits per heavy atom. The van der Waals surface area contributed by atoms with Gasteiger partial charge in [0.05, 0.1) is 24.4 Å². The topological polar surface area (TPSA) is 80.7 Å². The smallest absolute Gasteiger partial charge is 0.261 e. The molecule has 5 rings (SSSR count). The molecule has 0 radical (unpaired) electrons. The van der Waals surface area contributed by atoms with Crippen LogP contribution in [0, 0.1) is 0 Å². The zero-order valence-corrected chi connectivity index (χ0v) is 22.3. The van der Waals surface area contributed by atoms with Crippen LogP contribution in [0.25, 0.3) is 0 Å². The van der Waals surface area contributed by atoms with Gasteiger partial charge < -0.3 is 28.8 Å². The fraction of sp³-hybridized carbons (Fsp3) is 0.571. The van der Waals surface area contributed by atoms with E-state index in [9.17, 15) is 10.2 Å². The van der Waals surface area contributed by atoms with E-state index in [1.165, 1.54) is 0 Å².